The van der Waals surface area contributed by atoms with Crippen molar-refractivity contribution in [1.29, 1.82) is 0 Å². The normalized spacial score (nSPS) is 19.0. The minimum atomic E-state index is -0.601. The molecule has 3 aromatic carbocycles. The summed E-state index contributed by atoms with van der Waals surface area (Å²) in [6.45, 7) is 0.514. The maximum atomic E-state index is 13.9. The van der Waals surface area contributed by atoms with Gasteiger partial charge in [-0.25, -0.2) is 9.18 Å². The van der Waals surface area contributed by atoms with Gasteiger partial charge in [0.1, 0.15) is 11.6 Å². The molecule has 7 nitrogen and oxygen atoms in total. The molecule has 1 spiro atoms. The van der Waals surface area contributed by atoms with Gasteiger partial charge in [0.25, 0.3) is 11.8 Å². The number of hydrogen-bond donors (Lipinski definition) is 1. The standard InChI is InChI=1S/C32H30ClFN2O5/c1-40-28-16-21(7-10-26(28)35-30(38)24-17-23(34)8-9-25(24)33)31(39)36-14-13-32(19-22-5-3-4-6-27(22)36)12-11-20(18-32)15-29(37)41-2/h3-10,15-17H,11-14,18-19H2,1-2H3,(H,35,38)/t32-/m1/s1. The van der Waals surface area contributed by atoms with E-state index in [1.54, 1.807) is 29.2 Å². The van der Waals surface area contributed by atoms with Crippen LogP contribution in [0.2, 0.25) is 5.02 Å². The quantitative estimate of drug-likeness (QED) is 0.273. The molecule has 1 heterocycles. The second-order valence-corrected chi connectivity index (χ2v) is 10.9. The van der Waals surface area contributed by atoms with Crippen molar-refractivity contribution in [2.24, 2.45) is 5.41 Å². The first-order valence-corrected chi connectivity index (χ1v) is 13.7. The minimum Gasteiger partial charge on any atom is -0.495 e. The number of carbonyl (C=O) groups is 3. The van der Waals surface area contributed by atoms with E-state index < -0.39 is 11.7 Å². The van der Waals surface area contributed by atoms with Gasteiger partial charge in [-0.2, -0.15) is 0 Å². The summed E-state index contributed by atoms with van der Waals surface area (Å²) in [5.41, 5.74) is 3.68. The Bertz CT molecular complexity index is 1550. The summed E-state index contributed by atoms with van der Waals surface area (Å²) in [6, 6.07) is 16.3. The molecule has 9 heteroatoms. The average molecular weight is 577 g/mol. The molecule has 0 aromatic heterocycles. The minimum absolute atomic E-state index is 0.0134. The van der Waals surface area contributed by atoms with Crippen LogP contribution >= 0.6 is 11.6 Å². The van der Waals surface area contributed by atoms with Gasteiger partial charge in [-0.05, 0) is 85.5 Å². The van der Waals surface area contributed by atoms with Crippen LogP contribution in [0.4, 0.5) is 15.8 Å². The predicted molar refractivity (Wildman–Crippen MR) is 155 cm³/mol. The average Bonchev–Trinajstić information content (AvgIpc) is 3.28. The number of carbonyl (C=O) groups excluding carboxylic acids is 3. The van der Waals surface area contributed by atoms with E-state index in [2.05, 4.69) is 11.4 Å². The van der Waals surface area contributed by atoms with Gasteiger partial charge in [0, 0.05) is 23.9 Å². The maximum Gasteiger partial charge on any atom is 0.330 e. The second-order valence-electron chi connectivity index (χ2n) is 10.5. The topological polar surface area (TPSA) is 84.9 Å². The molecule has 1 aliphatic carbocycles. The largest absolute Gasteiger partial charge is 0.495 e. The van der Waals surface area contributed by atoms with Crippen molar-refractivity contribution in [3.05, 3.63) is 99.8 Å². The van der Waals surface area contributed by atoms with Crippen LogP contribution in [0.15, 0.2) is 72.3 Å². The molecule has 1 N–H and O–H groups in total. The van der Waals surface area contributed by atoms with Crippen LogP contribution in [-0.4, -0.2) is 38.5 Å². The molecule has 0 saturated heterocycles. The third kappa shape index (κ3) is 5.98. The molecule has 0 bridgehead atoms. The van der Waals surface area contributed by atoms with Gasteiger partial charge in [-0.3, -0.25) is 9.59 Å². The van der Waals surface area contributed by atoms with Crippen LogP contribution in [0.25, 0.3) is 0 Å². The first-order chi connectivity index (χ1) is 19.7. The number of anilines is 2. The number of halogens is 2. The van der Waals surface area contributed by atoms with Crippen LogP contribution in [-0.2, 0) is 16.0 Å². The smallest absolute Gasteiger partial charge is 0.330 e. The summed E-state index contributed by atoms with van der Waals surface area (Å²) >= 11 is 6.09. The molecule has 41 heavy (non-hydrogen) atoms. The second kappa shape index (κ2) is 11.7. The van der Waals surface area contributed by atoms with Crippen molar-refractivity contribution in [2.45, 2.75) is 32.1 Å². The predicted octanol–water partition coefficient (Wildman–Crippen LogP) is 6.60. The number of ether oxygens (including phenoxy) is 2. The van der Waals surface area contributed by atoms with Gasteiger partial charge in [0.15, 0.2) is 0 Å². The number of methoxy groups -OCH3 is 2. The van der Waals surface area contributed by atoms with Crippen LogP contribution in [0.1, 0.15) is 52.0 Å². The SMILES string of the molecule is COC(=O)C=C1CC[C@@]2(CCN(C(=O)c3ccc(NC(=O)c4cc(F)ccc4Cl)c(OC)c3)c3ccccc3C2)C1. The number of amides is 2. The Morgan fingerprint density at radius 1 is 1.02 bits per heavy atom. The summed E-state index contributed by atoms with van der Waals surface area (Å²) in [5, 5.41) is 2.81. The fourth-order valence-corrected chi connectivity index (χ4v) is 6.04. The van der Waals surface area contributed by atoms with Gasteiger partial charge < -0.3 is 19.7 Å². The molecule has 212 valence electrons. The Labute approximate surface area is 242 Å². The number of nitrogens with one attached hydrogen (secondary N) is 1. The molecule has 2 amide bonds. The fourth-order valence-electron chi connectivity index (χ4n) is 5.84. The molecule has 0 radical (unpaired) electrons. The van der Waals surface area contributed by atoms with Gasteiger partial charge in [0.2, 0.25) is 0 Å². The molecule has 1 fully saturated rings. The monoisotopic (exact) mass is 576 g/mol. The highest BCUT2D eigenvalue weighted by molar-refractivity contribution is 6.34. The summed E-state index contributed by atoms with van der Waals surface area (Å²) in [6.07, 6.45) is 5.74. The molecule has 5 rings (SSSR count). The van der Waals surface area contributed by atoms with Crippen molar-refractivity contribution in [3.8, 4) is 5.75 Å². The first-order valence-electron chi connectivity index (χ1n) is 13.3. The Kier molecular flexibility index (Phi) is 8.13. The van der Waals surface area contributed by atoms with Crippen molar-refractivity contribution in [2.75, 3.05) is 31.0 Å². The zero-order valence-electron chi connectivity index (χ0n) is 22.8. The molecule has 1 aliphatic heterocycles. The first kappa shape index (κ1) is 28.4. The van der Waals surface area contributed by atoms with Crippen LogP contribution in [0.3, 0.4) is 0 Å². The van der Waals surface area contributed by atoms with E-state index >= 15 is 0 Å². The molecular weight excluding hydrogens is 547 g/mol. The van der Waals surface area contributed by atoms with E-state index in [0.29, 0.717) is 17.8 Å². The maximum absolute atomic E-state index is 13.9. The Morgan fingerprint density at radius 3 is 2.61 bits per heavy atom. The molecule has 0 unspecified atom stereocenters. The van der Waals surface area contributed by atoms with Crippen LogP contribution in [0.5, 0.6) is 5.75 Å². The van der Waals surface area contributed by atoms with E-state index in [1.807, 2.05) is 18.2 Å². The number of allylic oxidation sites excluding steroid dienone is 1. The van der Waals surface area contributed by atoms with Crippen LogP contribution < -0.4 is 15.0 Å². The number of nitrogens with zero attached hydrogens (tertiary/aromatic N) is 1. The van der Waals surface area contributed by atoms with E-state index in [0.717, 1.165) is 55.0 Å². The van der Waals surface area contributed by atoms with E-state index in [-0.39, 0.29) is 33.6 Å². The van der Waals surface area contributed by atoms with Crippen molar-refractivity contribution in [3.63, 3.8) is 0 Å². The van der Waals surface area contributed by atoms with Gasteiger partial charge in [0.05, 0.1) is 30.5 Å². The number of fused-ring (bicyclic) bond motifs is 1. The summed E-state index contributed by atoms with van der Waals surface area (Å²) < 4.78 is 24.0. The number of esters is 1. The summed E-state index contributed by atoms with van der Waals surface area (Å²) in [5.74, 6) is -1.43. The number of rotatable bonds is 5. The lowest BCUT2D eigenvalue weighted by Crippen LogP contribution is -2.33. The highest BCUT2D eigenvalue weighted by Crippen LogP contribution is 2.49. The number of benzene rings is 3. The van der Waals surface area contributed by atoms with Gasteiger partial charge in [-0.1, -0.05) is 35.4 Å². The zero-order valence-corrected chi connectivity index (χ0v) is 23.6. The van der Waals surface area contributed by atoms with Gasteiger partial charge >= 0.3 is 5.97 Å². The highest BCUT2D eigenvalue weighted by Gasteiger charge is 2.40. The van der Waals surface area contributed by atoms with E-state index in [9.17, 15) is 18.8 Å². The lowest BCUT2D eigenvalue weighted by atomic mass is 9.77. The summed E-state index contributed by atoms with van der Waals surface area (Å²) in [7, 11) is 2.82. The van der Waals surface area contributed by atoms with Crippen LogP contribution in [0, 0.1) is 11.2 Å². The van der Waals surface area contributed by atoms with Gasteiger partial charge in [-0.15, -0.1) is 0 Å². The lowest BCUT2D eigenvalue weighted by molar-refractivity contribution is -0.134. The molecule has 1 atom stereocenters. The van der Waals surface area contributed by atoms with E-state index in [4.69, 9.17) is 21.1 Å². The number of hydrogen-bond acceptors (Lipinski definition) is 5. The Hall–Kier alpha value is -4.17. The Morgan fingerprint density at radius 2 is 1.83 bits per heavy atom. The lowest BCUT2D eigenvalue weighted by Gasteiger charge is -2.27. The molecule has 3 aromatic rings. The number of para-hydroxylation sites is 1. The van der Waals surface area contributed by atoms with Crippen molar-refractivity contribution < 1.29 is 28.2 Å². The van der Waals surface area contributed by atoms with Crippen molar-refractivity contribution >= 4 is 40.8 Å². The molecule has 1 saturated carbocycles. The Balaban J connectivity index is 1.39. The zero-order chi connectivity index (χ0) is 29.1. The third-order valence-electron chi connectivity index (χ3n) is 7.93. The highest BCUT2D eigenvalue weighted by atomic mass is 35.5. The molecular formula is C32H30ClFN2O5. The van der Waals surface area contributed by atoms with E-state index in [1.165, 1.54) is 26.4 Å². The van der Waals surface area contributed by atoms with Crippen molar-refractivity contribution in [1.82, 2.24) is 0 Å². The fraction of sp³-hybridized carbons (Fsp3) is 0.281. The third-order valence-corrected chi connectivity index (χ3v) is 8.26. The molecule has 2 aliphatic rings. The summed E-state index contributed by atoms with van der Waals surface area (Å²) in [4.78, 5) is 40.4.